The SMILES string of the molecule is CC(C)(C)OC(=O)N1CCCC(Cc2cncc(Cl)n2)C1. The van der Waals surface area contributed by atoms with E-state index in [0.717, 1.165) is 31.5 Å². The molecule has 21 heavy (non-hydrogen) atoms. The van der Waals surface area contributed by atoms with Gasteiger partial charge in [0.15, 0.2) is 0 Å². The molecule has 1 fully saturated rings. The summed E-state index contributed by atoms with van der Waals surface area (Å²) in [5.74, 6) is 0.374. The molecule has 1 saturated heterocycles. The molecule has 1 atom stereocenters. The lowest BCUT2D eigenvalue weighted by atomic mass is 9.94. The zero-order valence-corrected chi connectivity index (χ0v) is 13.6. The predicted octanol–water partition coefficient (Wildman–Crippen LogP) is 3.32. The molecule has 2 rings (SSSR count). The molecule has 0 radical (unpaired) electrons. The second kappa shape index (κ2) is 6.60. The highest BCUT2D eigenvalue weighted by atomic mass is 35.5. The average molecular weight is 312 g/mol. The van der Waals surface area contributed by atoms with Crippen molar-refractivity contribution in [2.75, 3.05) is 13.1 Å². The Balaban J connectivity index is 1.93. The van der Waals surface area contributed by atoms with E-state index in [1.54, 1.807) is 11.1 Å². The highest BCUT2D eigenvalue weighted by Gasteiger charge is 2.27. The quantitative estimate of drug-likeness (QED) is 0.840. The second-order valence-corrected chi connectivity index (χ2v) is 6.86. The molecular weight excluding hydrogens is 290 g/mol. The monoisotopic (exact) mass is 311 g/mol. The Hall–Kier alpha value is -1.36. The fourth-order valence-corrected chi connectivity index (χ4v) is 2.66. The number of halogens is 1. The Labute approximate surface area is 130 Å². The molecule has 2 heterocycles. The molecule has 1 aromatic heterocycles. The van der Waals surface area contributed by atoms with Crippen molar-refractivity contribution in [3.05, 3.63) is 23.2 Å². The van der Waals surface area contributed by atoms with Gasteiger partial charge in [0, 0.05) is 19.3 Å². The minimum atomic E-state index is -0.456. The molecule has 0 saturated carbocycles. The smallest absolute Gasteiger partial charge is 0.410 e. The lowest BCUT2D eigenvalue weighted by Crippen LogP contribution is -2.43. The van der Waals surface area contributed by atoms with Crippen LogP contribution in [0, 0.1) is 5.92 Å². The van der Waals surface area contributed by atoms with E-state index < -0.39 is 5.60 Å². The highest BCUT2D eigenvalue weighted by molar-refractivity contribution is 6.29. The molecule has 1 aliphatic heterocycles. The van der Waals surface area contributed by atoms with E-state index in [-0.39, 0.29) is 6.09 Å². The van der Waals surface area contributed by atoms with E-state index in [1.807, 2.05) is 20.8 Å². The van der Waals surface area contributed by atoms with E-state index in [0.29, 0.717) is 17.6 Å². The van der Waals surface area contributed by atoms with Crippen LogP contribution < -0.4 is 0 Å². The summed E-state index contributed by atoms with van der Waals surface area (Å²) in [6.45, 7) is 7.10. The Morgan fingerprint density at radius 2 is 2.24 bits per heavy atom. The van der Waals surface area contributed by atoms with Crippen LogP contribution in [-0.2, 0) is 11.2 Å². The summed E-state index contributed by atoms with van der Waals surface area (Å²) in [5, 5.41) is 0.410. The van der Waals surface area contributed by atoms with Gasteiger partial charge in [-0.25, -0.2) is 9.78 Å². The summed E-state index contributed by atoms with van der Waals surface area (Å²) in [7, 11) is 0. The summed E-state index contributed by atoms with van der Waals surface area (Å²) in [6.07, 6.45) is 5.87. The minimum absolute atomic E-state index is 0.232. The fraction of sp³-hybridized carbons (Fsp3) is 0.667. The van der Waals surface area contributed by atoms with Crippen LogP contribution in [0.15, 0.2) is 12.4 Å². The van der Waals surface area contributed by atoms with Gasteiger partial charge in [-0.15, -0.1) is 0 Å². The van der Waals surface area contributed by atoms with Crippen molar-refractivity contribution in [1.29, 1.82) is 0 Å². The maximum absolute atomic E-state index is 12.1. The first kappa shape index (κ1) is 16.0. The third kappa shape index (κ3) is 5.16. The number of carbonyl (C=O) groups excluding carboxylic acids is 1. The van der Waals surface area contributed by atoms with Gasteiger partial charge >= 0.3 is 6.09 Å². The maximum atomic E-state index is 12.1. The summed E-state index contributed by atoms with van der Waals surface area (Å²) < 4.78 is 5.43. The van der Waals surface area contributed by atoms with Gasteiger partial charge in [-0.05, 0) is 46.0 Å². The Kier molecular flexibility index (Phi) is 5.04. The van der Waals surface area contributed by atoms with Gasteiger partial charge < -0.3 is 9.64 Å². The van der Waals surface area contributed by atoms with Crippen LogP contribution in [0.1, 0.15) is 39.3 Å². The van der Waals surface area contributed by atoms with Crippen molar-refractivity contribution in [2.24, 2.45) is 5.92 Å². The number of aromatic nitrogens is 2. The molecule has 6 heteroatoms. The third-order valence-electron chi connectivity index (χ3n) is 3.32. The standard InChI is InChI=1S/C15H22ClN3O2/c1-15(2,3)21-14(20)19-6-4-5-11(10-19)7-12-8-17-9-13(16)18-12/h8-9,11H,4-7,10H2,1-3H3. The molecule has 116 valence electrons. The van der Waals surface area contributed by atoms with Gasteiger partial charge in [-0.3, -0.25) is 4.98 Å². The first-order valence-corrected chi connectivity index (χ1v) is 7.65. The lowest BCUT2D eigenvalue weighted by molar-refractivity contribution is 0.0165. The Morgan fingerprint density at radius 1 is 1.48 bits per heavy atom. The van der Waals surface area contributed by atoms with Gasteiger partial charge in [-0.1, -0.05) is 11.6 Å². The first-order chi connectivity index (χ1) is 9.83. The summed E-state index contributed by atoms with van der Waals surface area (Å²) in [4.78, 5) is 22.2. The van der Waals surface area contributed by atoms with E-state index in [4.69, 9.17) is 16.3 Å². The van der Waals surface area contributed by atoms with Crippen LogP contribution in [0.5, 0.6) is 0 Å². The van der Waals surface area contributed by atoms with E-state index in [1.165, 1.54) is 6.20 Å². The van der Waals surface area contributed by atoms with Crippen LogP contribution in [0.4, 0.5) is 4.79 Å². The van der Waals surface area contributed by atoms with Crippen LogP contribution in [0.2, 0.25) is 5.15 Å². The van der Waals surface area contributed by atoms with E-state index >= 15 is 0 Å². The Morgan fingerprint density at radius 3 is 2.90 bits per heavy atom. The number of ether oxygens (including phenoxy) is 1. The van der Waals surface area contributed by atoms with Gasteiger partial charge in [0.25, 0.3) is 0 Å². The second-order valence-electron chi connectivity index (χ2n) is 6.47. The van der Waals surface area contributed by atoms with Crippen LogP contribution in [0.3, 0.4) is 0 Å². The molecule has 1 aliphatic rings. The van der Waals surface area contributed by atoms with E-state index in [2.05, 4.69) is 9.97 Å². The number of amides is 1. The number of rotatable bonds is 2. The van der Waals surface area contributed by atoms with Crippen LogP contribution >= 0.6 is 11.6 Å². The van der Waals surface area contributed by atoms with Crippen molar-refractivity contribution < 1.29 is 9.53 Å². The molecule has 0 bridgehead atoms. The van der Waals surface area contributed by atoms with Gasteiger partial charge in [0.1, 0.15) is 10.8 Å². The first-order valence-electron chi connectivity index (χ1n) is 7.28. The van der Waals surface area contributed by atoms with Crippen molar-refractivity contribution in [2.45, 2.75) is 45.6 Å². The zero-order valence-electron chi connectivity index (χ0n) is 12.8. The molecule has 0 aliphatic carbocycles. The van der Waals surface area contributed by atoms with Crippen molar-refractivity contribution >= 4 is 17.7 Å². The van der Waals surface area contributed by atoms with Crippen molar-refractivity contribution in [3.8, 4) is 0 Å². The van der Waals surface area contributed by atoms with Crippen molar-refractivity contribution in [1.82, 2.24) is 14.9 Å². The molecule has 1 unspecified atom stereocenters. The zero-order chi connectivity index (χ0) is 15.5. The van der Waals surface area contributed by atoms with Gasteiger partial charge in [0.05, 0.1) is 11.9 Å². The summed E-state index contributed by atoms with van der Waals surface area (Å²) in [6, 6.07) is 0. The summed E-state index contributed by atoms with van der Waals surface area (Å²) >= 11 is 5.86. The summed E-state index contributed by atoms with van der Waals surface area (Å²) in [5.41, 5.74) is 0.418. The molecule has 0 spiro atoms. The normalized spacial score (nSPS) is 19.4. The van der Waals surface area contributed by atoms with Crippen LogP contribution in [-0.4, -0.2) is 39.7 Å². The number of likely N-dealkylation sites (tertiary alicyclic amines) is 1. The molecule has 1 aromatic rings. The molecule has 0 aromatic carbocycles. The topological polar surface area (TPSA) is 55.3 Å². The highest BCUT2D eigenvalue weighted by Crippen LogP contribution is 2.22. The number of nitrogens with zero attached hydrogens (tertiary/aromatic N) is 3. The molecular formula is C15H22ClN3O2. The maximum Gasteiger partial charge on any atom is 0.410 e. The van der Waals surface area contributed by atoms with Gasteiger partial charge in [-0.2, -0.15) is 0 Å². The van der Waals surface area contributed by atoms with Gasteiger partial charge in [0.2, 0.25) is 0 Å². The minimum Gasteiger partial charge on any atom is -0.444 e. The third-order valence-corrected chi connectivity index (χ3v) is 3.51. The van der Waals surface area contributed by atoms with Crippen LogP contribution in [0.25, 0.3) is 0 Å². The average Bonchev–Trinajstić information content (AvgIpc) is 2.37. The Bertz CT molecular complexity index is 502. The number of carbonyl (C=O) groups is 1. The largest absolute Gasteiger partial charge is 0.444 e. The molecule has 5 nitrogen and oxygen atoms in total. The number of hydrogen-bond donors (Lipinski definition) is 0. The molecule has 1 amide bonds. The number of hydrogen-bond acceptors (Lipinski definition) is 4. The fourth-order valence-electron chi connectivity index (χ4n) is 2.50. The van der Waals surface area contributed by atoms with Crippen molar-refractivity contribution in [3.63, 3.8) is 0 Å². The predicted molar refractivity (Wildman–Crippen MR) is 81.3 cm³/mol. The van der Waals surface area contributed by atoms with E-state index in [9.17, 15) is 4.79 Å². The number of piperidine rings is 1. The lowest BCUT2D eigenvalue weighted by Gasteiger charge is -2.34. The molecule has 0 N–H and O–H groups in total.